The summed E-state index contributed by atoms with van der Waals surface area (Å²) in [6.45, 7) is 0.577. The first-order valence-electron chi connectivity index (χ1n) is 7.99. The molecule has 0 heterocycles. The second-order valence-corrected chi connectivity index (χ2v) is 8.36. The van der Waals surface area contributed by atoms with Gasteiger partial charge in [0.2, 0.25) is 0 Å². The molecule has 0 spiro atoms. The van der Waals surface area contributed by atoms with Gasteiger partial charge in [-0.15, -0.1) is 0 Å². The third-order valence-corrected chi connectivity index (χ3v) is 6.30. The molecule has 0 aromatic heterocycles. The number of benzene rings is 2. The number of aliphatic hydroxyl groups is 3. The zero-order valence-corrected chi connectivity index (χ0v) is 15.2. The van der Waals surface area contributed by atoms with Gasteiger partial charge in [0.05, 0.1) is 0 Å². The fourth-order valence-corrected chi connectivity index (χ4v) is 4.57. The van der Waals surface area contributed by atoms with Gasteiger partial charge in [-0.25, -0.2) is 0 Å². The van der Waals surface area contributed by atoms with E-state index in [1.165, 1.54) is 4.46 Å². The summed E-state index contributed by atoms with van der Waals surface area (Å²) in [4.78, 5) is -0.0789. The molecule has 0 bridgehead atoms. The molecule has 5 heteroatoms. The second kappa shape index (κ2) is 10.6. The average Bonchev–Trinajstić information content (AvgIpc) is 2.62. The molecule has 0 radical (unpaired) electrons. The van der Waals surface area contributed by atoms with Gasteiger partial charge in [-0.05, 0) is 0 Å². The van der Waals surface area contributed by atoms with Gasteiger partial charge < -0.3 is 0 Å². The van der Waals surface area contributed by atoms with Crippen molar-refractivity contribution in [3.63, 3.8) is 0 Å². The maximum absolute atomic E-state index is 10.4. The van der Waals surface area contributed by atoms with Gasteiger partial charge in [0, 0.05) is 0 Å². The third-order valence-electron chi connectivity index (χ3n) is 3.58. The number of rotatable bonds is 10. The molecule has 0 fully saturated rings. The summed E-state index contributed by atoms with van der Waals surface area (Å²) in [6, 6.07) is 19.9. The Bertz CT molecular complexity index is 564. The summed E-state index contributed by atoms with van der Waals surface area (Å²) in [7, 11) is 0. The van der Waals surface area contributed by atoms with E-state index >= 15 is 0 Å². The van der Waals surface area contributed by atoms with Gasteiger partial charge >= 0.3 is 149 Å². The summed E-state index contributed by atoms with van der Waals surface area (Å²) in [5.74, 6) is 0. The Balaban J connectivity index is 1.93. The first-order valence-corrected chi connectivity index (χ1v) is 9.84. The quantitative estimate of drug-likeness (QED) is 0.528. The van der Waals surface area contributed by atoms with E-state index in [9.17, 15) is 10.2 Å². The predicted octanol–water partition coefficient (Wildman–Crippen LogP) is 1.13. The van der Waals surface area contributed by atoms with E-state index in [-0.39, 0.29) is 32.8 Å². The number of hydrogen-bond acceptors (Lipinski definition) is 4. The standard InChI is InChI=1S/C19H24O4Se/c20-12-16(21)11-18(22)19(24-17-9-5-2-6-10-17)14-23-13-15-7-3-1-4-8-15/h1-10,16,18-22H,11-14H2/t16-,18+,19+/m0/s1. The van der Waals surface area contributed by atoms with Gasteiger partial charge in [0.15, 0.2) is 0 Å². The normalized spacial score (nSPS) is 15.0. The van der Waals surface area contributed by atoms with E-state index in [0.717, 1.165) is 5.56 Å². The molecule has 0 saturated heterocycles. The molecule has 0 aliphatic rings. The van der Waals surface area contributed by atoms with Crippen LogP contribution in [0.5, 0.6) is 0 Å². The van der Waals surface area contributed by atoms with Crippen LogP contribution in [0.25, 0.3) is 0 Å². The molecule has 0 unspecified atom stereocenters. The van der Waals surface area contributed by atoms with Gasteiger partial charge in [0.1, 0.15) is 0 Å². The van der Waals surface area contributed by atoms with Crippen molar-refractivity contribution in [3.05, 3.63) is 66.2 Å². The van der Waals surface area contributed by atoms with E-state index in [1.807, 2.05) is 60.7 Å². The monoisotopic (exact) mass is 396 g/mol. The number of hydrogen-bond donors (Lipinski definition) is 3. The van der Waals surface area contributed by atoms with E-state index in [1.54, 1.807) is 0 Å². The Morgan fingerprint density at radius 1 is 0.917 bits per heavy atom. The topological polar surface area (TPSA) is 69.9 Å². The Morgan fingerprint density at radius 3 is 2.17 bits per heavy atom. The fourth-order valence-electron chi connectivity index (χ4n) is 2.27. The van der Waals surface area contributed by atoms with Crippen LogP contribution in [0.1, 0.15) is 12.0 Å². The van der Waals surface area contributed by atoms with E-state index in [4.69, 9.17) is 9.84 Å². The summed E-state index contributed by atoms with van der Waals surface area (Å²) in [5.41, 5.74) is 1.09. The van der Waals surface area contributed by atoms with Crippen LogP contribution >= 0.6 is 0 Å². The summed E-state index contributed by atoms with van der Waals surface area (Å²) >= 11 is 0.0204. The van der Waals surface area contributed by atoms with Gasteiger partial charge in [0.25, 0.3) is 0 Å². The Labute approximate surface area is 149 Å². The Morgan fingerprint density at radius 2 is 1.54 bits per heavy atom. The van der Waals surface area contributed by atoms with Crippen molar-refractivity contribution in [1.29, 1.82) is 0 Å². The molecule has 3 atom stereocenters. The molecule has 0 aliphatic heterocycles. The van der Waals surface area contributed by atoms with E-state index in [2.05, 4.69) is 0 Å². The summed E-state index contributed by atoms with van der Waals surface area (Å²) < 4.78 is 6.98. The van der Waals surface area contributed by atoms with Crippen molar-refractivity contribution in [1.82, 2.24) is 0 Å². The third kappa shape index (κ3) is 6.73. The molecule has 24 heavy (non-hydrogen) atoms. The second-order valence-electron chi connectivity index (χ2n) is 5.61. The molecule has 0 saturated carbocycles. The Kier molecular flexibility index (Phi) is 8.46. The van der Waals surface area contributed by atoms with Crippen molar-refractivity contribution >= 4 is 19.4 Å². The van der Waals surface area contributed by atoms with Crippen LogP contribution in [0.15, 0.2) is 60.7 Å². The number of aliphatic hydroxyl groups excluding tert-OH is 3. The van der Waals surface area contributed by atoms with Crippen molar-refractivity contribution in [3.8, 4) is 0 Å². The Hall–Kier alpha value is -1.20. The molecular weight excluding hydrogens is 371 g/mol. The zero-order valence-electron chi connectivity index (χ0n) is 13.5. The van der Waals surface area contributed by atoms with Crippen LogP contribution < -0.4 is 4.46 Å². The summed E-state index contributed by atoms with van der Waals surface area (Å²) in [6.07, 6.45) is -1.45. The molecule has 0 amide bonds. The molecule has 0 aliphatic carbocycles. The SMILES string of the molecule is OC[C@@H](O)C[C@@H](O)[C@@H](COCc1ccccc1)[Se]c1ccccc1. The molecule has 130 valence electrons. The fraction of sp³-hybridized carbons (Fsp3) is 0.368. The molecule has 2 rings (SSSR count). The van der Waals surface area contributed by atoms with Crippen LogP contribution in [0.3, 0.4) is 0 Å². The molecule has 4 nitrogen and oxygen atoms in total. The molecule has 2 aromatic rings. The zero-order chi connectivity index (χ0) is 17.2. The first-order chi connectivity index (χ1) is 11.7. The van der Waals surface area contributed by atoms with Crippen LogP contribution in [0.2, 0.25) is 4.82 Å². The van der Waals surface area contributed by atoms with Crippen LogP contribution in [0, 0.1) is 0 Å². The van der Waals surface area contributed by atoms with E-state index in [0.29, 0.717) is 13.2 Å². The number of ether oxygens (including phenoxy) is 1. The minimum atomic E-state index is -0.900. The van der Waals surface area contributed by atoms with Gasteiger partial charge in [-0.3, -0.25) is 0 Å². The molecule has 2 aromatic carbocycles. The van der Waals surface area contributed by atoms with Crippen molar-refractivity contribution in [2.75, 3.05) is 13.2 Å². The van der Waals surface area contributed by atoms with Gasteiger partial charge in [-0.2, -0.15) is 0 Å². The van der Waals surface area contributed by atoms with Crippen molar-refractivity contribution in [2.24, 2.45) is 0 Å². The average molecular weight is 395 g/mol. The van der Waals surface area contributed by atoms with Crippen molar-refractivity contribution in [2.45, 2.75) is 30.1 Å². The predicted molar refractivity (Wildman–Crippen MR) is 95.4 cm³/mol. The molecular formula is C19H24O4Se. The van der Waals surface area contributed by atoms with E-state index < -0.39 is 12.2 Å². The van der Waals surface area contributed by atoms with Crippen LogP contribution in [-0.2, 0) is 11.3 Å². The maximum atomic E-state index is 10.4. The van der Waals surface area contributed by atoms with Gasteiger partial charge in [-0.1, -0.05) is 0 Å². The minimum absolute atomic E-state index is 0.0204. The molecule has 3 N–H and O–H groups in total. The first kappa shape index (κ1) is 19.1. The van der Waals surface area contributed by atoms with Crippen molar-refractivity contribution < 1.29 is 20.1 Å². The van der Waals surface area contributed by atoms with Crippen LogP contribution in [0.4, 0.5) is 0 Å². The summed E-state index contributed by atoms with van der Waals surface area (Å²) in [5, 5.41) is 29.0. The van der Waals surface area contributed by atoms with Crippen LogP contribution in [-0.4, -0.2) is 55.7 Å².